The van der Waals surface area contributed by atoms with Gasteiger partial charge in [-0.15, -0.1) is 10.2 Å². The number of fused-ring (bicyclic) bond motifs is 3. The number of para-hydroxylation sites is 2. The molecular formula is C37H33N5O2. The summed E-state index contributed by atoms with van der Waals surface area (Å²) >= 11 is 0. The van der Waals surface area contributed by atoms with Crippen LogP contribution in [0.15, 0.2) is 102 Å². The maximum Gasteiger partial charge on any atom is 0.227 e. The number of rotatable bonds is 7. The summed E-state index contributed by atoms with van der Waals surface area (Å²) in [5.74, 6) is 2.59. The number of pyridine rings is 2. The van der Waals surface area contributed by atoms with Gasteiger partial charge in [0.15, 0.2) is 5.82 Å². The van der Waals surface area contributed by atoms with Gasteiger partial charge in [-0.2, -0.15) is 0 Å². The van der Waals surface area contributed by atoms with Gasteiger partial charge in [0.05, 0.1) is 11.4 Å². The molecule has 0 bridgehead atoms. The molecule has 0 radical (unpaired) electrons. The normalized spacial score (nSPS) is 11.7. The van der Waals surface area contributed by atoms with Crippen molar-refractivity contribution in [3.63, 3.8) is 0 Å². The van der Waals surface area contributed by atoms with Crippen molar-refractivity contribution in [3.8, 4) is 40.0 Å². The number of furan rings is 1. The fourth-order valence-corrected chi connectivity index (χ4v) is 5.80. The Morgan fingerprint density at radius 3 is 2.30 bits per heavy atom. The highest BCUT2D eigenvalue weighted by molar-refractivity contribution is 6.08. The molecule has 3 aromatic carbocycles. The van der Waals surface area contributed by atoms with Gasteiger partial charge in [-0.1, -0.05) is 76.2 Å². The molecule has 4 heterocycles. The molecule has 7 aromatic rings. The van der Waals surface area contributed by atoms with E-state index in [1.165, 1.54) is 11.1 Å². The highest BCUT2D eigenvalue weighted by Crippen LogP contribution is 2.37. The molecule has 0 saturated heterocycles. The van der Waals surface area contributed by atoms with Crippen LogP contribution in [-0.4, -0.2) is 24.7 Å². The van der Waals surface area contributed by atoms with Crippen LogP contribution in [0.2, 0.25) is 0 Å². The first-order valence-corrected chi connectivity index (χ1v) is 14.9. The second-order valence-electron chi connectivity index (χ2n) is 11.7. The first-order chi connectivity index (χ1) is 21.4. The fraction of sp³-hybridized carbons (Fsp3) is 0.189. The number of aromatic nitrogens is 5. The average Bonchev–Trinajstić information content (AvgIpc) is 3.65. The van der Waals surface area contributed by atoms with E-state index in [9.17, 15) is 0 Å². The third-order valence-corrected chi connectivity index (χ3v) is 7.95. The van der Waals surface area contributed by atoms with Gasteiger partial charge in [0, 0.05) is 33.7 Å². The van der Waals surface area contributed by atoms with E-state index in [2.05, 4.69) is 77.8 Å². The lowest BCUT2D eigenvalue weighted by molar-refractivity contribution is 0.464. The molecule has 0 aliphatic heterocycles. The highest BCUT2D eigenvalue weighted by atomic mass is 16.5. The minimum Gasteiger partial charge on any atom is -0.439 e. The largest absolute Gasteiger partial charge is 0.439 e. The average molecular weight is 580 g/mol. The topological polar surface area (TPSA) is 78.9 Å². The van der Waals surface area contributed by atoms with E-state index in [1.807, 2.05) is 67.6 Å². The van der Waals surface area contributed by atoms with Crippen molar-refractivity contribution in [2.75, 3.05) is 0 Å². The van der Waals surface area contributed by atoms with Gasteiger partial charge in [-0.3, -0.25) is 4.57 Å². The van der Waals surface area contributed by atoms with E-state index in [0.717, 1.165) is 50.4 Å². The SMILES string of the molecule is Cc1ccc2c(n1)oc1c(-c3cccc(Oc4cccc(-c5nncn5-c5c(C(C)C)cccc5C(C)C)c4)n3)cccc12. The van der Waals surface area contributed by atoms with E-state index in [-0.39, 0.29) is 0 Å². The van der Waals surface area contributed by atoms with E-state index in [4.69, 9.17) is 14.1 Å². The van der Waals surface area contributed by atoms with Crippen molar-refractivity contribution in [1.29, 1.82) is 0 Å². The second kappa shape index (κ2) is 11.1. The molecule has 4 aromatic heterocycles. The van der Waals surface area contributed by atoms with Gasteiger partial charge >= 0.3 is 0 Å². The van der Waals surface area contributed by atoms with E-state index >= 15 is 0 Å². The second-order valence-corrected chi connectivity index (χ2v) is 11.7. The van der Waals surface area contributed by atoms with Crippen LogP contribution in [0.3, 0.4) is 0 Å². The summed E-state index contributed by atoms with van der Waals surface area (Å²) in [5, 5.41) is 10.9. The molecule has 0 aliphatic carbocycles. The van der Waals surface area contributed by atoms with E-state index in [0.29, 0.717) is 29.2 Å². The first kappa shape index (κ1) is 27.5. The number of aryl methyl sites for hydroxylation is 1. The third kappa shape index (κ3) is 4.90. The molecule has 0 aliphatic rings. The van der Waals surface area contributed by atoms with Crippen LogP contribution in [-0.2, 0) is 0 Å². The number of nitrogens with zero attached hydrogens (tertiary/aromatic N) is 5. The van der Waals surface area contributed by atoms with Gasteiger partial charge in [0.25, 0.3) is 0 Å². The number of hydrogen-bond donors (Lipinski definition) is 0. The zero-order chi connectivity index (χ0) is 30.4. The molecule has 44 heavy (non-hydrogen) atoms. The molecule has 0 unspecified atom stereocenters. The Bertz CT molecular complexity index is 2110. The van der Waals surface area contributed by atoms with Crippen LogP contribution in [0, 0.1) is 6.92 Å². The molecule has 0 spiro atoms. The van der Waals surface area contributed by atoms with E-state index in [1.54, 1.807) is 6.33 Å². The molecule has 7 heteroatoms. The lowest BCUT2D eigenvalue weighted by Gasteiger charge is -2.21. The monoisotopic (exact) mass is 579 g/mol. The summed E-state index contributed by atoms with van der Waals surface area (Å²) in [5.41, 5.74) is 8.50. The molecule has 0 saturated carbocycles. The molecular weight excluding hydrogens is 546 g/mol. The standard InChI is InChI=1S/C37H33N5O2/c1-22(2)27-12-7-13-28(23(3)4)34(27)42-21-38-41-36(42)25-10-6-11-26(20-25)43-33-17-9-16-32(40-33)31-15-8-14-29-30-19-18-24(5)39-37(30)44-35(29)31/h6-23H,1-5H3. The van der Waals surface area contributed by atoms with Gasteiger partial charge in [0.1, 0.15) is 17.7 Å². The summed E-state index contributed by atoms with van der Waals surface area (Å²) in [6.07, 6.45) is 1.80. The van der Waals surface area contributed by atoms with Crippen LogP contribution < -0.4 is 4.74 Å². The maximum absolute atomic E-state index is 6.32. The lowest BCUT2D eigenvalue weighted by atomic mass is 9.92. The molecule has 7 nitrogen and oxygen atoms in total. The van der Waals surface area contributed by atoms with Crippen molar-refractivity contribution >= 4 is 22.1 Å². The molecule has 7 rings (SSSR count). The summed E-state index contributed by atoms with van der Waals surface area (Å²) in [7, 11) is 0. The summed E-state index contributed by atoms with van der Waals surface area (Å²) < 4.78 is 14.6. The summed E-state index contributed by atoms with van der Waals surface area (Å²) in [6.45, 7) is 10.8. The zero-order valence-electron chi connectivity index (χ0n) is 25.4. The molecule has 0 N–H and O–H groups in total. The van der Waals surface area contributed by atoms with Crippen LogP contribution >= 0.6 is 0 Å². The van der Waals surface area contributed by atoms with Crippen molar-refractivity contribution < 1.29 is 9.15 Å². The Morgan fingerprint density at radius 2 is 1.50 bits per heavy atom. The first-order valence-electron chi connectivity index (χ1n) is 14.9. The van der Waals surface area contributed by atoms with Gasteiger partial charge in [-0.25, -0.2) is 9.97 Å². The summed E-state index contributed by atoms with van der Waals surface area (Å²) in [6, 6.07) is 30.3. The fourth-order valence-electron chi connectivity index (χ4n) is 5.80. The van der Waals surface area contributed by atoms with Gasteiger partial charge < -0.3 is 9.15 Å². The Hall–Kier alpha value is -5.30. The number of hydrogen-bond acceptors (Lipinski definition) is 6. The zero-order valence-corrected chi connectivity index (χ0v) is 25.4. The Kier molecular flexibility index (Phi) is 6.93. The molecule has 0 fully saturated rings. The molecule has 0 atom stereocenters. The van der Waals surface area contributed by atoms with E-state index < -0.39 is 0 Å². The van der Waals surface area contributed by atoms with Crippen LogP contribution in [0.4, 0.5) is 0 Å². The van der Waals surface area contributed by atoms with Crippen molar-refractivity contribution in [3.05, 3.63) is 114 Å². The highest BCUT2D eigenvalue weighted by Gasteiger charge is 2.20. The lowest BCUT2D eigenvalue weighted by Crippen LogP contribution is -2.07. The molecule has 218 valence electrons. The Labute approximate surface area is 256 Å². The van der Waals surface area contributed by atoms with Gasteiger partial charge in [0.2, 0.25) is 11.6 Å². The van der Waals surface area contributed by atoms with Crippen molar-refractivity contribution in [1.82, 2.24) is 24.7 Å². The molecule has 0 amide bonds. The van der Waals surface area contributed by atoms with Gasteiger partial charge in [-0.05, 0) is 66.3 Å². The van der Waals surface area contributed by atoms with Crippen LogP contribution in [0.5, 0.6) is 11.6 Å². The smallest absolute Gasteiger partial charge is 0.227 e. The minimum atomic E-state index is 0.345. The van der Waals surface area contributed by atoms with Crippen molar-refractivity contribution in [2.24, 2.45) is 0 Å². The Balaban J connectivity index is 1.24. The maximum atomic E-state index is 6.32. The predicted octanol–water partition coefficient (Wildman–Crippen LogP) is 9.64. The predicted molar refractivity (Wildman–Crippen MR) is 175 cm³/mol. The summed E-state index contributed by atoms with van der Waals surface area (Å²) in [4.78, 5) is 9.44. The number of benzene rings is 3. The van der Waals surface area contributed by atoms with Crippen LogP contribution in [0.25, 0.3) is 50.4 Å². The number of ether oxygens (including phenoxy) is 1. The minimum absolute atomic E-state index is 0.345. The quantitative estimate of drug-likeness (QED) is 0.187. The third-order valence-electron chi connectivity index (χ3n) is 7.95. The van der Waals surface area contributed by atoms with Crippen molar-refractivity contribution in [2.45, 2.75) is 46.5 Å². The Morgan fingerprint density at radius 1 is 0.750 bits per heavy atom. The van der Waals surface area contributed by atoms with Crippen LogP contribution in [0.1, 0.15) is 56.4 Å².